The van der Waals surface area contributed by atoms with Crippen LogP contribution in [0.15, 0.2) is 5.11 Å². The molecule has 5 heteroatoms. The topological polar surface area (TPSA) is 58.0 Å². The van der Waals surface area contributed by atoms with Crippen LogP contribution in [0, 0.1) is 5.92 Å². The molecule has 0 unspecified atom stereocenters. The molecular weight excluding hydrogens is 194 g/mol. The zero-order valence-electron chi connectivity index (χ0n) is 9.40. The lowest BCUT2D eigenvalue weighted by Crippen LogP contribution is -2.35. The third kappa shape index (κ3) is 3.33. The molecule has 0 aromatic rings. The first-order valence-electron chi connectivity index (χ1n) is 5.14. The normalized spacial score (nSPS) is 32.7. The Balaban J connectivity index is 2.62. The van der Waals surface area contributed by atoms with E-state index in [9.17, 15) is 0 Å². The fraction of sp³-hybridized carbons (Fsp3) is 1.00. The van der Waals surface area contributed by atoms with Crippen molar-refractivity contribution in [3.63, 3.8) is 0 Å². The second-order valence-corrected chi connectivity index (χ2v) is 9.58. The van der Waals surface area contributed by atoms with Gasteiger partial charge in [-0.3, -0.25) is 0 Å². The average molecular weight is 213 g/mol. The molecule has 0 saturated heterocycles. The SMILES string of the molecule is C[C@@H]1C[C@H](N=[N+]=[N-])[C@@H](O[Si](C)(C)C)C1. The summed E-state index contributed by atoms with van der Waals surface area (Å²) in [5.41, 5.74) is 8.44. The Morgan fingerprint density at radius 1 is 1.36 bits per heavy atom. The second kappa shape index (κ2) is 4.34. The highest BCUT2D eigenvalue weighted by Gasteiger charge is 2.34. The number of hydrogen-bond acceptors (Lipinski definition) is 2. The summed E-state index contributed by atoms with van der Waals surface area (Å²) in [7, 11) is -1.51. The molecule has 0 amide bonds. The molecule has 0 bridgehead atoms. The third-order valence-electron chi connectivity index (χ3n) is 2.41. The molecule has 14 heavy (non-hydrogen) atoms. The van der Waals surface area contributed by atoms with Crippen molar-refractivity contribution in [2.24, 2.45) is 11.0 Å². The quantitative estimate of drug-likeness (QED) is 0.307. The number of azide groups is 1. The molecule has 1 aliphatic rings. The van der Waals surface area contributed by atoms with Crippen molar-refractivity contribution in [2.45, 2.75) is 51.6 Å². The van der Waals surface area contributed by atoms with Crippen molar-refractivity contribution < 1.29 is 4.43 Å². The maximum Gasteiger partial charge on any atom is 0.184 e. The molecule has 4 nitrogen and oxygen atoms in total. The molecule has 1 fully saturated rings. The molecule has 0 radical (unpaired) electrons. The molecule has 0 aromatic carbocycles. The Kier molecular flexibility index (Phi) is 3.58. The van der Waals surface area contributed by atoms with Crippen molar-refractivity contribution >= 4 is 8.32 Å². The summed E-state index contributed by atoms with van der Waals surface area (Å²) in [5.74, 6) is 0.617. The minimum absolute atomic E-state index is 0.0572. The highest BCUT2D eigenvalue weighted by atomic mass is 28.4. The van der Waals surface area contributed by atoms with Gasteiger partial charge in [0.2, 0.25) is 0 Å². The Morgan fingerprint density at radius 3 is 2.50 bits per heavy atom. The van der Waals surface area contributed by atoms with Crippen molar-refractivity contribution in [1.82, 2.24) is 0 Å². The fourth-order valence-corrected chi connectivity index (χ4v) is 3.14. The lowest BCUT2D eigenvalue weighted by Gasteiger charge is -2.25. The van der Waals surface area contributed by atoms with Crippen LogP contribution in [0.4, 0.5) is 0 Å². The van der Waals surface area contributed by atoms with E-state index in [2.05, 4.69) is 36.6 Å². The molecular formula is C9H19N3OSi. The van der Waals surface area contributed by atoms with E-state index in [1.807, 2.05) is 0 Å². The van der Waals surface area contributed by atoms with Gasteiger partial charge in [-0.25, -0.2) is 0 Å². The van der Waals surface area contributed by atoms with Gasteiger partial charge in [0.1, 0.15) is 0 Å². The molecule has 1 aliphatic carbocycles. The molecule has 0 spiro atoms. The molecule has 1 saturated carbocycles. The summed E-state index contributed by atoms with van der Waals surface area (Å²) in [5, 5.41) is 3.82. The van der Waals surface area contributed by atoms with E-state index in [0.29, 0.717) is 5.92 Å². The highest BCUT2D eigenvalue weighted by Crippen LogP contribution is 2.32. The highest BCUT2D eigenvalue weighted by molar-refractivity contribution is 6.69. The van der Waals surface area contributed by atoms with Gasteiger partial charge in [-0.15, -0.1) is 0 Å². The summed E-state index contributed by atoms with van der Waals surface area (Å²) in [6.07, 6.45) is 2.17. The van der Waals surface area contributed by atoms with Gasteiger partial charge in [0.25, 0.3) is 0 Å². The summed E-state index contributed by atoms with van der Waals surface area (Å²) < 4.78 is 6.01. The van der Waals surface area contributed by atoms with Gasteiger partial charge >= 0.3 is 0 Å². The van der Waals surface area contributed by atoms with Gasteiger partial charge in [0.05, 0.1) is 12.1 Å². The Hall–Kier alpha value is -0.513. The van der Waals surface area contributed by atoms with Crippen LogP contribution >= 0.6 is 0 Å². The van der Waals surface area contributed by atoms with Gasteiger partial charge in [-0.2, -0.15) is 0 Å². The van der Waals surface area contributed by atoms with E-state index in [0.717, 1.165) is 12.8 Å². The summed E-state index contributed by atoms with van der Waals surface area (Å²) in [6, 6.07) is 0.0572. The Morgan fingerprint density at radius 2 is 2.00 bits per heavy atom. The molecule has 0 aromatic heterocycles. The van der Waals surface area contributed by atoms with Crippen LogP contribution in [-0.4, -0.2) is 20.5 Å². The van der Waals surface area contributed by atoms with Crippen molar-refractivity contribution in [3.05, 3.63) is 10.4 Å². The monoisotopic (exact) mass is 213 g/mol. The van der Waals surface area contributed by atoms with Crippen LogP contribution in [0.3, 0.4) is 0 Å². The number of rotatable bonds is 3. The Labute approximate surface area is 86.4 Å². The van der Waals surface area contributed by atoms with Gasteiger partial charge in [0.15, 0.2) is 8.32 Å². The average Bonchev–Trinajstić information content (AvgIpc) is 2.28. The third-order valence-corrected chi connectivity index (χ3v) is 3.42. The first-order chi connectivity index (χ1) is 6.42. The predicted octanol–water partition coefficient (Wildman–Crippen LogP) is 3.32. The van der Waals surface area contributed by atoms with Gasteiger partial charge < -0.3 is 4.43 Å². The zero-order chi connectivity index (χ0) is 10.8. The van der Waals surface area contributed by atoms with E-state index in [1.54, 1.807) is 0 Å². The smallest absolute Gasteiger partial charge is 0.184 e. The lowest BCUT2D eigenvalue weighted by atomic mass is 10.1. The number of nitrogens with zero attached hydrogens (tertiary/aromatic N) is 3. The van der Waals surface area contributed by atoms with E-state index in [-0.39, 0.29) is 12.1 Å². The van der Waals surface area contributed by atoms with E-state index in [4.69, 9.17) is 9.96 Å². The van der Waals surface area contributed by atoms with Crippen LogP contribution in [0.2, 0.25) is 19.6 Å². The van der Waals surface area contributed by atoms with Crippen LogP contribution in [0.25, 0.3) is 10.4 Å². The van der Waals surface area contributed by atoms with E-state index < -0.39 is 8.32 Å². The standard InChI is InChI=1S/C9H19N3OSi/c1-7-5-8(11-12-10)9(6-7)13-14(2,3)4/h7-9H,5-6H2,1-4H3/t7-,8+,9+/m1/s1. The summed E-state index contributed by atoms with van der Waals surface area (Å²) >= 11 is 0. The zero-order valence-corrected chi connectivity index (χ0v) is 10.4. The number of hydrogen-bond donors (Lipinski definition) is 0. The second-order valence-electron chi connectivity index (χ2n) is 5.12. The first kappa shape index (κ1) is 11.6. The van der Waals surface area contributed by atoms with Crippen molar-refractivity contribution in [2.75, 3.05) is 0 Å². The largest absolute Gasteiger partial charge is 0.414 e. The molecule has 0 aliphatic heterocycles. The summed E-state index contributed by atoms with van der Waals surface area (Å²) in [6.45, 7) is 8.70. The lowest BCUT2D eigenvalue weighted by molar-refractivity contribution is 0.181. The minimum atomic E-state index is -1.51. The van der Waals surface area contributed by atoms with Crippen LogP contribution in [0.5, 0.6) is 0 Å². The maximum atomic E-state index is 8.44. The van der Waals surface area contributed by atoms with E-state index >= 15 is 0 Å². The summed E-state index contributed by atoms with van der Waals surface area (Å²) in [4.78, 5) is 2.89. The van der Waals surface area contributed by atoms with Gasteiger partial charge in [0, 0.05) is 4.91 Å². The van der Waals surface area contributed by atoms with Crippen LogP contribution in [0.1, 0.15) is 19.8 Å². The molecule has 3 atom stereocenters. The molecule has 0 heterocycles. The first-order valence-corrected chi connectivity index (χ1v) is 8.55. The Bertz CT molecular complexity index is 245. The van der Waals surface area contributed by atoms with Crippen molar-refractivity contribution in [3.8, 4) is 0 Å². The predicted molar refractivity (Wildman–Crippen MR) is 59.6 cm³/mol. The fourth-order valence-electron chi connectivity index (χ4n) is 1.98. The van der Waals surface area contributed by atoms with Gasteiger partial charge in [-0.05, 0) is 43.9 Å². The maximum absolute atomic E-state index is 8.44. The minimum Gasteiger partial charge on any atom is -0.414 e. The van der Waals surface area contributed by atoms with E-state index in [1.165, 1.54) is 0 Å². The molecule has 80 valence electrons. The van der Waals surface area contributed by atoms with Gasteiger partial charge in [-0.1, -0.05) is 12.0 Å². The van der Waals surface area contributed by atoms with Crippen LogP contribution < -0.4 is 0 Å². The molecule has 0 N–H and O–H groups in total. The molecule has 1 rings (SSSR count). The van der Waals surface area contributed by atoms with Crippen LogP contribution in [-0.2, 0) is 4.43 Å². The van der Waals surface area contributed by atoms with Crippen molar-refractivity contribution in [1.29, 1.82) is 0 Å².